The van der Waals surface area contributed by atoms with Gasteiger partial charge in [-0.05, 0) is 65.3 Å². The Morgan fingerprint density at radius 1 is 0.943 bits per heavy atom. The fraction of sp³-hybridized carbons (Fsp3) is 0.222. The predicted molar refractivity (Wildman–Crippen MR) is 142 cm³/mol. The minimum Gasteiger partial charge on any atom is -0.324 e. The van der Waals surface area contributed by atoms with Crippen LogP contribution >= 0.6 is 11.3 Å². The molecule has 7 nitrogen and oxygen atoms in total. The Morgan fingerprint density at radius 2 is 1.69 bits per heavy atom. The van der Waals surface area contributed by atoms with Crippen molar-refractivity contribution in [1.82, 2.24) is 19.8 Å². The molecule has 4 aromatic rings. The van der Waals surface area contributed by atoms with Crippen molar-refractivity contribution in [3.8, 4) is 11.1 Å². The molecule has 1 aliphatic rings. The van der Waals surface area contributed by atoms with Gasteiger partial charge in [0.1, 0.15) is 0 Å². The highest BCUT2D eigenvalue weighted by atomic mass is 32.1. The zero-order chi connectivity index (χ0) is 24.0. The number of benzene rings is 2. The van der Waals surface area contributed by atoms with E-state index in [0.29, 0.717) is 17.2 Å². The summed E-state index contributed by atoms with van der Waals surface area (Å²) in [5, 5.41) is 10.3. The zero-order valence-corrected chi connectivity index (χ0v) is 20.5. The van der Waals surface area contributed by atoms with Crippen LogP contribution in [0.3, 0.4) is 0 Å². The van der Waals surface area contributed by atoms with Crippen LogP contribution in [0.2, 0.25) is 0 Å². The van der Waals surface area contributed by atoms with Crippen LogP contribution in [0, 0.1) is 0 Å². The number of piperazine rings is 1. The van der Waals surface area contributed by atoms with E-state index in [1.54, 1.807) is 23.7 Å². The smallest absolute Gasteiger partial charge is 0.255 e. The van der Waals surface area contributed by atoms with Crippen LogP contribution in [0.4, 0.5) is 17.3 Å². The molecule has 1 aliphatic heterocycles. The lowest BCUT2D eigenvalue weighted by molar-refractivity contribution is 0.102. The first-order valence-corrected chi connectivity index (χ1v) is 12.6. The predicted octanol–water partition coefficient (Wildman–Crippen LogP) is 4.95. The number of hydrogen-bond donors (Lipinski definition) is 2. The number of anilines is 3. The van der Waals surface area contributed by atoms with Gasteiger partial charge in [0, 0.05) is 67.6 Å². The van der Waals surface area contributed by atoms with Crippen molar-refractivity contribution in [3.05, 3.63) is 88.9 Å². The lowest BCUT2D eigenvalue weighted by atomic mass is 10.1. The van der Waals surface area contributed by atoms with Gasteiger partial charge in [0.25, 0.3) is 5.91 Å². The number of carbonyl (C=O) groups is 1. The summed E-state index contributed by atoms with van der Waals surface area (Å²) < 4.78 is 0. The molecule has 0 unspecified atom stereocenters. The fourth-order valence-corrected chi connectivity index (χ4v) is 4.67. The number of nitrogens with zero attached hydrogens (tertiary/aromatic N) is 4. The average Bonchev–Trinajstić information content (AvgIpc) is 3.42. The highest BCUT2D eigenvalue weighted by molar-refractivity contribution is 7.08. The summed E-state index contributed by atoms with van der Waals surface area (Å²) in [7, 11) is 2.16. The molecule has 5 rings (SSSR count). The largest absolute Gasteiger partial charge is 0.324 e. The van der Waals surface area contributed by atoms with Crippen molar-refractivity contribution in [2.45, 2.75) is 6.54 Å². The summed E-state index contributed by atoms with van der Waals surface area (Å²) in [6, 6.07) is 17.5. The maximum absolute atomic E-state index is 12.8. The van der Waals surface area contributed by atoms with Crippen molar-refractivity contribution in [2.24, 2.45) is 0 Å². The Labute approximate surface area is 209 Å². The highest BCUT2D eigenvalue weighted by Gasteiger charge is 2.14. The highest BCUT2D eigenvalue weighted by Crippen LogP contribution is 2.23. The first-order valence-electron chi connectivity index (χ1n) is 11.7. The normalized spacial score (nSPS) is 14.5. The van der Waals surface area contributed by atoms with Gasteiger partial charge in [0.2, 0.25) is 5.95 Å². The topological polar surface area (TPSA) is 73.4 Å². The second-order valence-corrected chi connectivity index (χ2v) is 9.52. The van der Waals surface area contributed by atoms with Gasteiger partial charge >= 0.3 is 0 Å². The SMILES string of the molecule is CN1CCN(Cc2ccc(C(=O)Nc3cccc(Nc4ncc(-c5ccsc5)cn4)c3)cc2)CC1. The molecule has 35 heavy (non-hydrogen) atoms. The third-order valence-electron chi connectivity index (χ3n) is 6.10. The van der Waals surface area contributed by atoms with Crippen LogP contribution in [0.15, 0.2) is 77.8 Å². The van der Waals surface area contributed by atoms with E-state index in [0.717, 1.165) is 49.5 Å². The van der Waals surface area contributed by atoms with Gasteiger partial charge in [0.15, 0.2) is 0 Å². The lowest BCUT2D eigenvalue weighted by Crippen LogP contribution is -2.43. The maximum atomic E-state index is 12.8. The molecular formula is C27H28N6OS. The molecule has 1 amide bonds. The van der Waals surface area contributed by atoms with E-state index in [9.17, 15) is 4.79 Å². The number of carbonyl (C=O) groups excluding carboxylic acids is 1. The molecule has 0 aliphatic carbocycles. The van der Waals surface area contributed by atoms with Crippen LogP contribution in [-0.2, 0) is 6.54 Å². The Hall–Kier alpha value is -3.59. The lowest BCUT2D eigenvalue weighted by Gasteiger charge is -2.32. The van der Waals surface area contributed by atoms with E-state index in [2.05, 4.69) is 42.8 Å². The second kappa shape index (κ2) is 10.8. The second-order valence-electron chi connectivity index (χ2n) is 8.74. The Balaban J connectivity index is 1.18. The van der Waals surface area contributed by atoms with Gasteiger partial charge in [-0.2, -0.15) is 11.3 Å². The molecule has 2 aromatic heterocycles. The van der Waals surface area contributed by atoms with Crippen molar-refractivity contribution in [1.29, 1.82) is 0 Å². The summed E-state index contributed by atoms with van der Waals surface area (Å²) in [6.45, 7) is 5.27. The van der Waals surface area contributed by atoms with Crippen LogP contribution in [0.5, 0.6) is 0 Å². The van der Waals surface area contributed by atoms with Crippen molar-refractivity contribution in [2.75, 3.05) is 43.9 Å². The van der Waals surface area contributed by atoms with E-state index in [1.165, 1.54) is 5.56 Å². The third-order valence-corrected chi connectivity index (χ3v) is 6.78. The summed E-state index contributed by atoms with van der Waals surface area (Å²) in [5.74, 6) is 0.369. The van der Waals surface area contributed by atoms with E-state index in [4.69, 9.17) is 0 Å². The van der Waals surface area contributed by atoms with Gasteiger partial charge in [-0.25, -0.2) is 9.97 Å². The number of aromatic nitrogens is 2. The van der Waals surface area contributed by atoms with Gasteiger partial charge < -0.3 is 15.5 Å². The molecule has 2 aromatic carbocycles. The number of likely N-dealkylation sites (N-methyl/N-ethyl adjacent to an activating group) is 1. The number of hydrogen-bond acceptors (Lipinski definition) is 7. The van der Waals surface area contributed by atoms with Crippen LogP contribution in [0.1, 0.15) is 15.9 Å². The van der Waals surface area contributed by atoms with Crippen LogP contribution in [-0.4, -0.2) is 58.9 Å². The first-order chi connectivity index (χ1) is 17.1. The number of amides is 1. The quantitative estimate of drug-likeness (QED) is 0.387. The van der Waals surface area contributed by atoms with Crippen molar-refractivity contribution >= 4 is 34.6 Å². The third kappa shape index (κ3) is 6.10. The van der Waals surface area contributed by atoms with Crippen LogP contribution in [0.25, 0.3) is 11.1 Å². The average molecular weight is 485 g/mol. The molecule has 1 saturated heterocycles. The molecule has 0 atom stereocenters. The van der Waals surface area contributed by atoms with Crippen molar-refractivity contribution < 1.29 is 4.79 Å². The minimum atomic E-state index is -0.135. The number of rotatable bonds is 7. The van der Waals surface area contributed by atoms with Crippen molar-refractivity contribution in [3.63, 3.8) is 0 Å². The van der Waals surface area contributed by atoms with E-state index >= 15 is 0 Å². The summed E-state index contributed by atoms with van der Waals surface area (Å²) >= 11 is 1.64. The molecule has 0 saturated carbocycles. The molecule has 3 heterocycles. The molecule has 1 fully saturated rings. The molecule has 0 bridgehead atoms. The Bertz CT molecular complexity index is 1250. The van der Waals surface area contributed by atoms with Crippen LogP contribution < -0.4 is 10.6 Å². The van der Waals surface area contributed by atoms with Gasteiger partial charge in [0.05, 0.1) is 0 Å². The zero-order valence-electron chi connectivity index (χ0n) is 19.6. The monoisotopic (exact) mass is 484 g/mol. The fourth-order valence-electron chi connectivity index (χ4n) is 4.00. The summed E-state index contributed by atoms with van der Waals surface area (Å²) in [5.41, 5.74) is 5.45. The molecular weight excluding hydrogens is 456 g/mol. The Kier molecular flexibility index (Phi) is 7.13. The number of thiophene rings is 1. The molecule has 178 valence electrons. The molecule has 2 N–H and O–H groups in total. The van der Waals surface area contributed by atoms with Gasteiger partial charge in [-0.1, -0.05) is 18.2 Å². The first kappa shape index (κ1) is 23.2. The van der Waals surface area contributed by atoms with Gasteiger partial charge in [-0.15, -0.1) is 0 Å². The standard InChI is InChI=1S/C27H28N6OS/c1-32-10-12-33(13-11-32)18-20-5-7-21(8-6-20)26(34)30-24-3-2-4-25(15-24)31-27-28-16-23(17-29-27)22-9-14-35-19-22/h2-9,14-17,19H,10-13,18H2,1H3,(H,30,34)(H,28,29,31). The van der Waals surface area contributed by atoms with E-state index in [1.807, 2.05) is 60.0 Å². The van der Waals surface area contributed by atoms with Gasteiger partial charge in [-0.3, -0.25) is 9.69 Å². The summed E-state index contributed by atoms with van der Waals surface area (Å²) in [6.07, 6.45) is 3.60. The molecule has 8 heteroatoms. The van der Waals surface area contributed by atoms with E-state index < -0.39 is 0 Å². The summed E-state index contributed by atoms with van der Waals surface area (Å²) in [4.78, 5) is 26.4. The minimum absolute atomic E-state index is 0.135. The molecule has 0 spiro atoms. The van der Waals surface area contributed by atoms with E-state index in [-0.39, 0.29) is 5.91 Å². The Morgan fingerprint density at radius 3 is 2.40 bits per heavy atom. The maximum Gasteiger partial charge on any atom is 0.255 e. The number of nitrogens with one attached hydrogen (secondary N) is 2. The molecule has 0 radical (unpaired) electrons.